The van der Waals surface area contributed by atoms with E-state index in [1.807, 2.05) is 6.07 Å². The van der Waals surface area contributed by atoms with Crippen LogP contribution in [0.4, 0.5) is 6.01 Å². The van der Waals surface area contributed by atoms with E-state index in [0.717, 1.165) is 10.9 Å². The zero-order chi connectivity index (χ0) is 15.0. The average molecular weight is 287 g/mol. The molecule has 3 aromatic rings. The Morgan fingerprint density at radius 3 is 2.71 bits per heavy atom. The number of furan rings is 1. The summed E-state index contributed by atoms with van der Waals surface area (Å²) >= 11 is 0. The van der Waals surface area contributed by atoms with Crippen LogP contribution in [0.2, 0.25) is 0 Å². The molecule has 1 N–H and O–H groups in total. The number of ether oxygens (including phenoxy) is 1. The van der Waals surface area contributed by atoms with E-state index in [-0.39, 0.29) is 11.8 Å². The molecule has 0 aliphatic carbocycles. The molecule has 1 aromatic carbocycles. The zero-order valence-corrected chi connectivity index (χ0v) is 11.8. The fourth-order valence-corrected chi connectivity index (χ4v) is 2.04. The number of hydrogen-bond acceptors (Lipinski definition) is 6. The van der Waals surface area contributed by atoms with Crippen molar-refractivity contribution in [2.45, 2.75) is 13.8 Å². The first-order chi connectivity index (χ1) is 10.1. The molecule has 0 aliphatic heterocycles. The molecule has 0 radical (unpaired) electrons. The van der Waals surface area contributed by atoms with Gasteiger partial charge in [-0.05, 0) is 25.1 Å². The molecule has 0 saturated carbocycles. The second-order valence-electron chi connectivity index (χ2n) is 4.50. The predicted molar refractivity (Wildman–Crippen MR) is 74.5 cm³/mol. The topological polar surface area (TPSA) is 90.4 Å². The Labute approximate surface area is 119 Å². The van der Waals surface area contributed by atoms with Gasteiger partial charge in [-0.1, -0.05) is 5.10 Å². The van der Waals surface area contributed by atoms with E-state index >= 15 is 0 Å². The molecule has 0 saturated heterocycles. The lowest BCUT2D eigenvalue weighted by Gasteiger charge is -1.98. The van der Waals surface area contributed by atoms with Crippen LogP contribution >= 0.6 is 0 Å². The van der Waals surface area contributed by atoms with E-state index < -0.39 is 5.91 Å². The van der Waals surface area contributed by atoms with Gasteiger partial charge in [0.05, 0.1) is 7.11 Å². The third-order valence-corrected chi connectivity index (χ3v) is 3.10. The Morgan fingerprint density at radius 2 is 2.05 bits per heavy atom. The van der Waals surface area contributed by atoms with Gasteiger partial charge in [0, 0.05) is 17.9 Å². The number of methoxy groups -OCH3 is 1. The van der Waals surface area contributed by atoms with Gasteiger partial charge in [0.25, 0.3) is 5.91 Å². The second kappa shape index (κ2) is 4.93. The third kappa shape index (κ3) is 2.33. The predicted octanol–water partition coefficient (Wildman–Crippen LogP) is 2.69. The van der Waals surface area contributed by atoms with Crippen LogP contribution in [0.25, 0.3) is 11.0 Å². The van der Waals surface area contributed by atoms with Gasteiger partial charge in [0.15, 0.2) is 5.76 Å². The van der Waals surface area contributed by atoms with Crippen molar-refractivity contribution in [1.82, 2.24) is 10.2 Å². The molecule has 7 nitrogen and oxygen atoms in total. The number of rotatable bonds is 3. The minimum Gasteiger partial charge on any atom is -0.497 e. The summed E-state index contributed by atoms with van der Waals surface area (Å²) in [5, 5.41) is 10.7. The number of aromatic nitrogens is 2. The van der Waals surface area contributed by atoms with Crippen molar-refractivity contribution >= 4 is 22.9 Å². The maximum absolute atomic E-state index is 12.2. The summed E-state index contributed by atoms with van der Waals surface area (Å²) in [4.78, 5) is 12.2. The molecular weight excluding hydrogens is 274 g/mol. The molecule has 21 heavy (non-hydrogen) atoms. The first-order valence-corrected chi connectivity index (χ1v) is 6.27. The van der Waals surface area contributed by atoms with Crippen LogP contribution < -0.4 is 10.1 Å². The van der Waals surface area contributed by atoms with Gasteiger partial charge in [0.1, 0.15) is 11.3 Å². The summed E-state index contributed by atoms with van der Waals surface area (Å²) in [6.45, 7) is 3.45. The maximum Gasteiger partial charge on any atom is 0.322 e. The molecule has 0 atom stereocenters. The molecule has 2 heterocycles. The van der Waals surface area contributed by atoms with Crippen LogP contribution in [-0.2, 0) is 0 Å². The quantitative estimate of drug-likeness (QED) is 0.796. The van der Waals surface area contributed by atoms with Crippen LogP contribution in [0.15, 0.2) is 27.0 Å². The number of carbonyl (C=O) groups excluding carboxylic acids is 1. The lowest BCUT2D eigenvalue weighted by Crippen LogP contribution is -2.12. The number of anilines is 1. The van der Waals surface area contributed by atoms with Crippen molar-refractivity contribution in [2.75, 3.05) is 12.4 Å². The van der Waals surface area contributed by atoms with E-state index in [4.69, 9.17) is 13.6 Å². The van der Waals surface area contributed by atoms with Crippen molar-refractivity contribution in [3.05, 3.63) is 35.4 Å². The van der Waals surface area contributed by atoms with E-state index in [0.29, 0.717) is 17.2 Å². The number of benzene rings is 1. The highest BCUT2D eigenvalue weighted by Crippen LogP contribution is 2.29. The highest BCUT2D eigenvalue weighted by molar-refractivity contribution is 6.05. The summed E-state index contributed by atoms with van der Waals surface area (Å²) in [7, 11) is 1.59. The molecule has 3 rings (SSSR count). The van der Waals surface area contributed by atoms with Crippen molar-refractivity contribution < 1.29 is 18.4 Å². The molecule has 7 heteroatoms. The number of hydrogen-bond donors (Lipinski definition) is 1. The Hall–Kier alpha value is -2.83. The maximum atomic E-state index is 12.2. The number of nitrogens with zero attached hydrogens (tertiary/aromatic N) is 2. The minimum absolute atomic E-state index is 0.0370. The third-order valence-electron chi connectivity index (χ3n) is 3.10. The number of aryl methyl sites for hydroxylation is 2. The molecule has 108 valence electrons. The van der Waals surface area contributed by atoms with Crippen LogP contribution in [0.3, 0.4) is 0 Å². The lowest BCUT2D eigenvalue weighted by atomic mass is 10.1. The number of nitrogens with one attached hydrogen (secondary N) is 1. The summed E-state index contributed by atoms with van der Waals surface area (Å²) in [6.07, 6.45) is 0. The Kier molecular flexibility index (Phi) is 3.09. The summed E-state index contributed by atoms with van der Waals surface area (Å²) in [5.74, 6) is 0.836. The molecule has 1 amide bonds. The Balaban J connectivity index is 1.96. The zero-order valence-electron chi connectivity index (χ0n) is 11.8. The summed E-state index contributed by atoms with van der Waals surface area (Å²) in [6, 6.07) is 5.39. The smallest absolute Gasteiger partial charge is 0.322 e. The molecule has 0 bridgehead atoms. The monoisotopic (exact) mass is 287 g/mol. The van der Waals surface area contributed by atoms with Gasteiger partial charge in [0.2, 0.25) is 5.89 Å². The Bertz CT molecular complexity index is 819. The van der Waals surface area contributed by atoms with E-state index in [9.17, 15) is 4.79 Å². The first-order valence-electron chi connectivity index (χ1n) is 6.27. The second-order valence-corrected chi connectivity index (χ2v) is 4.50. The highest BCUT2D eigenvalue weighted by Gasteiger charge is 2.19. The van der Waals surface area contributed by atoms with Crippen molar-refractivity contribution in [2.24, 2.45) is 0 Å². The van der Waals surface area contributed by atoms with Gasteiger partial charge >= 0.3 is 6.01 Å². The number of amides is 1. The van der Waals surface area contributed by atoms with Crippen LogP contribution in [0, 0.1) is 13.8 Å². The molecule has 0 spiro atoms. The molecule has 0 aliphatic rings. The summed E-state index contributed by atoms with van der Waals surface area (Å²) < 4.78 is 15.9. The summed E-state index contributed by atoms with van der Waals surface area (Å²) in [5.41, 5.74) is 1.33. The molecular formula is C14H13N3O4. The molecule has 0 fully saturated rings. The number of carbonyl (C=O) groups is 1. The average Bonchev–Trinajstić information content (AvgIpc) is 3.02. The molecule has 0 unspecified atom stereocenters. The largest absolute Gasteiger partial charge is 0.497 e. The van der Waals surface area contributed by atoms with Crippen molar-refractivity contribution in [3.8, 4) is 5.75 Å². The van der Waals surface area contributed by atoms with Gasteiger partial charge in [-0.3, -0.25) is 10.1 Å². The van der Waals surface area contributed by atoms with E-state index in [1.54, 1.807) is 33.1 Å². The van der Waals surface area contributed by atoms with E-state index in [2.05, 4.69) is 15.5 Å². The van der Waals surface area contributed by atoms with Gasteiger partial charge in [-0.2, -0.15) is 0 Å². The fraction of sp³-hybridized carbons (Fsp3) is 0.214. The van der Waals surface area contributed by atoms with Gasteiger partial charge < -0.3 is 13.6 Å². The van der Waals surface area contributed by atoms with Crippen molar-refractivity contribution in [1.29, 1.82) is 0 Å². The lowest BCUT2D eigenvalue weighted by molar-refractivity contribution is 0.0995. The van der Waals surface area contributed by atoms with Crippen LogP contribution in [0.1, 0.15) is 22.0 Å². The Morgan fingerprint density at radius 1 is 1.24 bits per heavy atom. The van der Waals surface area contributed by atoms with Crippen LogP contribution in [-0.4, -0.2) is 23.2 Å². The normalized spacial score (nSPS) is 10.8. The standard InChI is InChI=1S/C14H13N3O4/c1-7-10-6-9(19-3)4-5-11(10)21-12(7)13(18)15-14-17-16-8(2)20-14/h4-6H,1-3H3,(H,15,17,18). The van der Waals surface area contributed by atoms with Gasteiger partial charge in [-0.15, -0.1) is 5.10 Å². The minimum atomic E-state index is -0.439. The number of fused-ring (bicyclic) bond motifs is 1. The van der Waals surface area contributed by atoms with Crippen molar-refractivity contribution in [3.63, 3.8) is 0 Å². The molecule has 2 aromatic heterocycles. The van der Waals surface area contributed by atoms with Crippen LogP contribution in [0.5, 0.6) is 5.75 Å². The van der Waals surface area contributed by atoms with Gasteiger partial charge in [-0.25, -0.2) is 0 Å². The first kappa shape index (κ1) is 13.2. The fourth-order valence-electron chi connectivity index (χ4n) is 2.04. The van der Waals surface area contributed by atoms with E-state index in [1.165, 1.54) is 0 Å². The highest BCUT2D eigenvalue weighted by atomic mass is 16.5. The SMILES string of the molecule is COc1ccc2oc(C(=O)Nc3nnc(C)o3)c(C)c2c1.